The Kier molecular flexibility index (Phi) is 5.22. The molecule has 0 atom stereocenters. The second-order valence-corrected chi connectivity index (χ2v) is 7.40. The monoisotopic (exact) mass is 376 g/mol. The fourth-order valence-corrected chi connectivity index (χ4v) is 2.65. The van der Waals surface area contributed by atoms with Gasteiger partial charge >= 0.3 is 5.97 Å². The van der Waals surface area contributed by atoms with Gasteiger partial charge in [-0.2, -0.15) is 0 Å². The van der Waals surface area contributed by atoms with Crippen LogP contribution in [0.4, 0.5) is 5.69 Å². The van der Waals surface area contributed by atoms with Crippen LogP contribution in [0.5, 0.6) is 0 Å². The molecule has 6 heteroatoms. The van der Waals surface area contributed by atoms with Crippen molar-refractivity contribution < 1.29 is 14.5 Å². The van der Waals surface area contributed by atoms with Crippen LogP contribution in [0.15, 0.2) is 71.4 Å². The molecule has 6 nitrogen and oxygen atoms in total. The largest absolute Gasteiger partial charge is 0.402 e. The maximum atomic E-state index is 12.0. The first kappa shape index (κ1) is 19.2. The number of carbonyl (C=O) groups excluding carboxylic acids is 1. The molecule has 0 aromatic heterocycles. The molecule has 0 bridgehead atoms. The van der Waals surface area contributed by atoms with Crippen LogP contribution in [0.3, 0.4) is 0 Å². The number of esters is 1. The summed E-state index contributed by atoms with van der Waals surface area (Å²) < 4.78 is 5.26. The molecule has 0 aliphatic carbocycles. The number of nitrogens with zero attached hydrogens (tertiary/aromatic N) is 2. The third-order valence-corrected chi connectivity index (χ3v) is 4.24. The second-order valence-electron chi connectivity index (χ2n) is 7.40. The molecule has 0 unspecified atom stereocenters. The summed E-state index contributed by atoms with van der Waals surface area (Å²) in [4.78, 5) is 26.7. The van der Waals surface area contributed by atoms with E-state index in [1.807, 2.05) is 24.3 Å². The van der Waals surface area contributed by atoms with Gasteiger partial charge < -0.3 is 4.74 Å². The summed E-state index contributed by atoms with van der Waals surface area (Å²) in [6.07, 6.45) is 4.81. The van der Waals surface area contributed by atoms with Crippen molar-refractivity contribution in [1.82, 2.24) is 0 Å². The quantitative estimate of drug-likeness (QED) is 0.332. The number of cyclic esters (lactones) is 1. The van der Waals surface area contributed by atoms with Crippen molar-refractivity contribution in [2.75, 3.05) is 0 Å². The lowest BCUT2D eigenvalue weighted by Crippen LogP contribution is -2.11. The molecule has 2 aromatic carbocycles. The van der Waals surface area contributed by atoms with Gasteiger partial charge in [-0.15, -0.1) is 0 Å². The molecule has 28 heavy (non-hydrogen) atoms. The summed E-state index contributed by atoms with van der Waals surface area (Å²) in [7, 11) is 0. The Balaban J connectivity index is 1.78. The maximum Gasteiger partial charge on any atom is 0.363 e. The van der Waals surface area contributed by atoms with Crippen LogP contribution in [-0.4, -0.2) is 16.8 Å². The van der Waals surface area contributed by atoms with Gasteiger partial charge in [-0.1, -0.05) is 57.2 Å². The molecule has 0 fully saturated rings. The normalized spacial score (nSPS) is 15.8. The van der Waals surface area contributed by atoms with Gasteiger partial charge in [-0.05, 0) is 34.8 Å². The summed E-state index contributed by atoms with van der Waals surface area (Å²) >= 11 is 0. The number of hydrogen-bond acceptors (Lipinski definition) is 5. The summed E-state index contributed by atoms with van der Waals surface area (Å²) in [6, 6.07) is 14.0. The van der Waals surface area contributed by atoms with E-state index in [2.05, 4.69) is 25.8 Å². The molecular weight excluding hydrogens is 356 g/mol. The fourth-order valence-electron chi connectivity index (χ4n) is 2.65. The third kappa shape index (κ3) is 4.40. The standard InChI is InChI=1S/C22H20N2O4/c1-22(2,3)17-12-10-16(11-13-17)20-23-19(21(25)28-20)9-5-7-15-6-4-8-18(14-15)24(26)27/h4-14H,1-3H3. The van der Waals surface area contributed by atoms with E-state index in [0.29, 0.717) is 5.56 Å². The van der Waals surface area contributed by atoms with E-state index in [-0.39, 0.29) is 22.7 Å². The van der Waals surface area contributed by atoms with Gasteiger partial charge in [0.15, 0.2) is 5.70 Å². The number of ether oxygens (including phenoxy) is 1. The molecular formula is C22H20N2O4. The highest BCUT2D eigenvalue weighted by atomic mass is 16.6. The molecule has 0 saturated heterocycles. The number of benzene rings is 2. The number of aliphatic imine (C=N–C) groups is 1. The molecule has 2 aromatic rings. The minimum atomic E-state index is -0.529. The van der Waals surface area contributed by atoms with Crippen LogP contribution < -0.4 is 0 Å². The van der Waals surface area contributed by atoms with E-state index in [1.54, 1.807) is 24.3 Å². The lowest BCUT2D eigenvalue weighted by molar-refractivity contribution is -0.384. The number of carbonyl (C=O) groups is 1. The Bertz CT molecular complexity index is 1010. The number of nitro benzene ring substituents is 1. The van der Waals surface area contributed by atoms with Crippen molar-refractivity contribution in [1.29, 1.82) is 0 Å². The van der Waals surface area contributed by atoms with Gasteiger partial charge in [0.05, 0.1) is 4.92 Å². The summed E-state index contributed by atoms with van der Waals surface area (Å²) in [5.41, 5.74) is 2.78. The first-order chi connectivity index (χ1) is 13.2. The van der Waals surface area contributed by atoms with Gasteiger partial charge in [0.2, 0.25) is 5.90 Å². The summed E-state index contributed by atoms with van der Waals surface area (Å²) in [6.45, 7) is 6.39. The van der Waals surface area contributed by atoms with E-state index in [0.717, 1.165) is 5.56 Å². The van der Waals surface area contributed by atoms with Crippen molar-refractivity contribution in [3.63, 3.8) is 0 Å². The molecule has 0 amide bonds. The van der Waals surface area contributed by atoms with Crippen molar-refractivity contribution in [3.8, 4) is 0 Å². The van der Waals surface area contributed by atoms with E-state index in [1.165, 1.54) is 23.8 Å². The average Bonchev–Trinajstić information content (AvgIpc) is 3.02. The molecule has 1 aliphatic heterocycles. The predicted molar refractivity (Wildman–Crippen MR) is 108 cm³/mol. The summed E-state index contributed by atoms with van der Waals surface area (Å²) in [5.74, 6) is -0.265. The van der Waals surface area contributed by atoms with Crippen LogP contribution >= 0.6 is 0 Å². The molecule has 3 rings (SSSR count). The number of rotatable bonds is 4. The molecule has 1 heterocycles. The summed E-state index contributed by atoms with van der Waals surface area (Å²) in [5, 5.41) is 10.8. The van der Waals surface area contributed by atoms with Crippen LogP contribution in [0, 0.1) is 10.1 Å². The fraction of sp³-hybridized carbons (Fsp3) is 0.182. The van der Waals surface area contributed by atoms with Crippen molar-refractivity contribution in [2.24, 2.45) is 4.99 Å². The first-order valence-corrected chi connectivity index (χ1v) is 8.79. The zero-order valence-corrected chi connectivity index (χ0v) is 15.9. The van der Waals surface area contributed by atoms with Crippen LogP contribution in [0.25, 0.3) is 6.08 Å². The maximum absolute atomic E-state index is 12.0. The number of non-ortho nitro benzene ring substituents is 1. The lowest BCUT2D eigenvalue weighted by Gasteiger charge is -2.18. The zero-order valence-electron chi connectivity index (χ0n) is 15.9. The van der Waals surface area contributed by atoms with Crippen molar-refractivity contribution in [3.05, 3.63) is 93.2 Å². The van der Waals surface area contributed by atoms with Gasteiger partial charge in [-0.3, -0.25) is 10.1 Å². The van der Waals surface area contributed by atoms with Gasteiger partial charge in [0.25, 0.3) is 5.69 Å². The third-order valence-electron chi connectivity index (χ3n) is 4.24. The number of nitro groups is 1. The Labute approximate surface area is 163 Å². The minimum absolute atomic E-state index is 0.00842. The smallest absolute Gasteiger partial charge is 0.363 e. The Morgan fingerprint density at radius 1 is 1.11 bits per heavy atom. The van der Waals surface area contributed by atoms with Gasteiger partial charge in [-0.25, -0.2) is 9.79 Å². The second kappa shape index (κ2) is 7.60. The predicted octanol–water partition coefficient (Wildman–Crippen LogP) is 4.79. The lowest BCUT2D eigenvalue weighted by atomic mass is 9.87. The number of allylic oxidation sites excluding steroid dienone is 2. The van der Waals surface area contributed by atoms with Gasteiger partial charge in [0.1, 0.15) is 0 Å². The Hall–Kier alpha value is -3.54. The molecule has 0 radical (unpaired) electrons. The minimum Gasteiger partial charge on any atom is -0.402 e. The van der Waals surface area contributed by atoms with Crippen LogP contribution in [0.1, 0.15) is 37.5 Å². The molecule has 0 N–H and O–H groups in total. The first-order valence-electron chi connectivity index (χ1n) is 8.79. The zero-order chi connectivity index (χ0) is 20.3. The van der Waals surface area contributed by atoms with Crippen molar-refractivity contribution in [2.45, 2.75) is 26.2 Å². The SMILES string of the molecule is CC(C)(C)c1ccc(C2=NC(=CC=Cc3cccc([N+](=O)[O-])c3)C(=O)O2)cc1. The van der Waals surface area contributed by atoms with E-state index in [4.69, 9.17) is 4.74 Å². The molecule has 1 aliphatic rings. The molecule has 0 saturated carbocycles. The van der Waals surface area contributed by atoms with E-state index < -0.39 is 10.9 Å². The van der Waals surface area contributed by atoms with E-state index in [9.17, 15) is 14.9 Å². The Morgan fingerprint density at radius 3 is 2.46 bits per heavy atom. The molecule has 0 spiro atoms. The van der Waals surface area contributed by atoms with Crippen molar-refractivity contribution >= 4 is 23.6 Å². The van der Waals surface area contributed by atoms with Gasteiger partial charge in [0, 0.05) is 17.7 Å². The highest BCUT2D eigenvalue weighted by molar-refractivity contribution is 6.11. The molecule has 142 valence electrons. The number of hydrogen-bond donors (Lipinski definition) is 0. The highest BCUT2D eigenvalue weighted by Gasteiger charge is 2.24. The highest BCUT2D eigenvalue weighted by Crippen LogP contribution is 2.24. The van der Waals surface area contributed by atoms with E-state index >= 15 is 0 Å². The van der Waals surface area contributed by atoms with Crippen LogP contribution in [-0.2, 0) is 14.9 Å². The Morgan fingerprint density at radius 2 is 1.82 bits per heavy atom. The van der Waals surface area contributed by atoms with Crippen LogP contribution in [0.2, 0.25) is 0 Å². The topological polar surface area (TPSA) is 81.8 Å². The average molecular weight is 376 g/mol.